The van der Waals surface area contributed by atoms with Crippen molar-refractivity contribution >= 4 is 14.4 Å². The van der Waals surface area contributed by atoms with Crippen molar-refractivity contribution in [3.63, 3.8) is 0 Å². The minimum atomic E-state index is -1.60. The summed E-state index contributed by atoms with van der Waals surface area (Å²) >= 11 is 0. The lowest BCUT2D eigenvalue weighted by atomic mass is 10.1. The first kappa shape index (κ1) is 15.5. The first-order chi connectivity index (χ1) is 8.22. The van der Waals surface area contributed by atoms with Gasteiger partial charge in [-0.05, 0) is 37.4 Å². The molecule has 5 heteroatoms. The Morgan fingerprint density at radius 3 is 2.56 bits per heavy atom. The molecular formula is C13H27NO3Si. The molecule has 1 saturated heterocycles. The quantitative estimate of drug-likeness (QED) is 0.597. The fourth-order valence-electron chi connectivity index (χ4n) is 1.61. The van der Waals surface area contributed by atoms with Gasteiger partial charge in [0.05, 0.1) is 6.54 Å². The highest BCUT2D eigenvalue weighted by molar-refractivity contribution is 6.74. The third-order valence-corrected chi connectivity index (χ3v) is 8.48. The van der Waals surface area contributed by atoms with E-state index in [1.54, 1.807) is 0 Å². The van der Waals surface area contributed by atoms with Crippen molar-refractivity contribution in [1.82, 2.24) is 5.32 Å². The zero-order valence-electron chi connectivity index (χ0n) is 12.3. The highest BCUT2D eigenvalue weighted by atomic mass is 28.4. The van der Waals surface area contributed by atoms with E-state index >= 15 is 0 Å². The molecule has 1 fully saturated rings. The van der Waals surface area contributed by atoms with Crippen LogP contribution in [-0.2, 0) is 9.16 Å². The summed E-state index contributed by atoms with van der Waals surface area (Å²) in [5.41, 5.74) is 0. The summed E-state index contributed by atoms with van der Waals surface area (Å²) in [4.78, 5) is 10.8. The van der Waals surface area contributed by atoms with Gasteiger partial charge in [-0.25, -0.2) is 4.79 Å². The van der Waals surface area contributed by atoms with Gasteiger partial charge in [0.25, 0.3) is 0 Å². The number of carbonyl (C=O) groups excluding carboxylic acids is 1. The van der Waals surface area contributed by atoms with Gasteiger partial charge >= 0.3 is 6.09 Å². The standard InChI is InChI=1S/C13H27NO3Si/c1-13(2,3)18(4,5)16-9-7-6-8-11-10-14-12(15)17-11/h11H,6-10H2,1-5H3,(H,14,15). The maximum Gasteiger partial charge on any atom is 0.407 e. The molecule has 0 bridgehead atoms. The van der Waals surface area contributed by atoms with Crippen LogP contribution in [0.15, 0.2) is 0 Å². The van der Waals surface area contributed by atoms with Gasteiger partial charge in [0.2, 0.25) is 0 Å². The van der Waals surface area contributed by atoms with Gasteiger partial charge in [-0.15, -0.1) is 0 Å². The van der Waals surface area contributed by atoms with Crippen molar-refractivity contribution in [3.8, 4) is 0 Å². The first-order valence-electron chi connectivity index (χ1n) is 6.81. The van der Waals surface area contributed by atoms with E-state index in [2.05, 4.69) is 39.2 Å². The van der Waals surface area contributed by atoms with Crippen molar-refractivity contribution < 1.29 is 14.0 Å². The summed E-state index contributed by atoms with van der Waals surface area (Å²) in [7, 11) is -1.60. The Hall–Kier alpha value is -0.553. The maximum atomic E-state index is 10.8. The van der Waals surface area contributed by atoms with Gasteiger partial charge in [-0.1, -0.05) is 20.8 Å². The Labute approximate surface area is 112 Å². The number of rotatable bonds is 6. The second kappa shape index (κ2) is 6.06. The van der Waals surface area contributed by atoms with E-state index in [4.69, 9.17) is 9.16 Å². The maximum absolute atomic E-state index is 10.8. The van der Waals surface area contributed by atoms with Crippen LogP contribution in [0.1, 0.15) is 40.0 Å². The van der Waals surface area contributed by atoms with Crippen LogP contribution in [0.2, 0.25) is 18.1 Å². The molecule has 0 saturated carbocycles. The number of nitrogens with one attached hydrogen (secondary N) is 1. The van der Waals surface area contributed by atoms with E-state index in [0.717, 1.165) is 25.9 Å². The molecule has 106 valence electrons. The van der Waals surface area contributed by atoms with E-state index in [0.29, 0.717) is 6.54 Å². The van der Waals surface area contributed by atoms with Crippen molar-refractivity contribution in [3.05, 3.63) is 0 Å². The van der Waals surface area contributed by atoms with Crippen molar-refractivity contribution in [2.24, 2.45) is 0 Å². The topological polar surface area (TPSA) is 47.6 Å². The summed E-state index contributed by atoms with van der Waals surface area (Å²) < 4.78 is 11.2. The number of amides is 1. The average Bonchev–Trinajstić information content (AvgIpc) is 2.62. The predicted octanol–water partition coefficient (Wildman–Crippen LogP) is 3.29. The molecule has 1 N–H and O–H groups in total. The summed E-state index contributed by atoms with van der Waals surface area (Å²) in [6.45, 7) is 12.8. The molecule has 0 aliphatic carbocycles. The molecule has 0 spiro atoms. The van der Waals surface area contributed by atoms with Crippen LogP contribution in [0.4, 0.5) is 4.79 Å². The van der Waals surface area contributed by atoms with Gasteiger partial charge in [-0.3, -0.25) is 0 Å². The van der Waals surface area contributed by atoms with E-state index in [1.165, 1.54) is 0 Å². The molecule has 1 unspecified atom stereocenters. The number of hydrogen-bond acceptors (Lipinski definition) is 3. The molecule has 0 aromatic carbocycles. The van der Waals surface area contributed by atoms with Crippen LogP contribution in [0.5, 0.6) is 0 Å². The highest BCUT2D eigenvalue weighted by Gasteiger charge is 2.36. The van der Waals surface area contributed by atoms with Gasteiger partial charge in [-0.2, -0.15) is 0 Å². The molecule has 1 atom stereocenters. The van der Waals surface area contributed by atoms with E-state index in [-0.39, 0.29) is 17.2 Å². The number of carbonyl (C=O) groups is 1. The van der Waals surface area contributed by atoms with Gasteiger partial charge in [0, 0.05) is 6.61 Å². The summed E-state index contributed by atoms with van der Waals surface area (Å²) in [6.07, 6.45) is 2.80. The van der Waals surface area contributed by atoms with Crippen LogP contribution in [0.3, 0.4) is 0 Å². The van der Waals surface area contributed by atoms with Crippen molar-refractivity contribution in [2.75, 3.05) is 13.2 Å². The molecule has 1 amide bonds. The van der Waals surface area contributed by atoms with Crippen LogP contribution < -0.4 is 5.32 Å². The van der Waals surface area contributed by atoms with Crippen LogP contribution in [-0.4, -0.2) is 33.7 Å². The summed E-state index contributed by atoms with van der Waals surface area (Å²) in [6, 6.07) is 0. The Kier molecular flexibility index (Phi) is 5.22. The molecule has 18 heavy (non-hydrogen) atoms. The number of ether oxygens (including phenoxy) is 1. The van der Waals surface area contributed by atoms with E-state index in [1.807, 2.05) is 0 Å². The minimum absolute atomic E-state index is 0.0605. The van der Waals surface area contributed by atoms with Crippen molar-refractivity contribution in [1.29, 1.82) is 0 Å². The number of hydrogen-bond donors (Lipinski definition) is 1. The highest BCUT2D eigenvalue weighted by Crippen LogP contribution is 2.36. The van der Waals surface area contributed by atoms with Crippen LogP contribution >= 0.6 is 0 Å². The molecule has 0 radical (unpaired) electrons. The first-order valence-corrected chi connectivity index (χ1v) is 9.72. The van der Waals surface area contributed by atoms with Crippen molar-refractivity contribution in [2.45, 2.75) is 64.3 Å². The average molecular weight is 273 g/mol. The Bertz CT molecular complexity index is 286. The van der Waals surface area contributed by atoms with Gasteiger partial charge in [0.15, 0.2) is 8.32 Å². The SMILES string of the molecule is CC(C)(C)[Si](C)(C)OCCCCC1CNC(=O)O1. The molecule has 0 aromatic rings. The van der Waals surface area contributed by atoms with Crippen LogP contribution in [0.25, 0.3) is 0 Å². The fraction of sp³-hybridized carbons (Fsp3) is 0.923. The molecule has 1 heterocycles. The van der Waals surface area contributed by atoms with E-state index in [9.17, 15) is 4.79 Å². The smallest absolute Gasteiger partial charge is 0.407 e. The zero-order valence-corrected chi connectivity index (χ0v) is 13.3. The summed E-state index contributed by atoms with van der Waals surface area (Å²) in [5, 5.41) is 2.94. The molecule has 1 aliphatic heterocycles. The minimum Gasteiger partial charge on any atom is -0.444 e. The Morgan fingerprint density at radius 1 is 1.39 bits per heavy atom. The third kappa shape index (κ3) is 4.61. The molecular weight excluding hydrogens is 246 g/mol. The number of alkyl carbamates (subject to hydrolysis) is 1. The Morgan fingerprint density at radius 2 is 2.06 bits per heavy atom. The molecule has 1 rings (SSSR count). The molecule has 1 aliphatic rings. The zero-order chi connectivity index (χ0) is 13.8. The monoisotopic (exact) mass is 273 g/mol. The Balaban J connectivity index is 2.10. The van der Waals surface area contributed by atoms with Crippen LogP contribution in [0, 0.1) is 0 Å². The normalized spacial score (nSPS) is 20.7. The number of unbranched alkanes of at least 4 members (excludes halogenated alkanes) is 1. The second-order valence-electron chi connectivity index (χ2n) is 6.51. The van der Waals surface area contributed by atoms with Gasteiger partial charge in [0.1, 0.15) is 6.10 Å². The lowest BCUT2D eigenvalue weighted by Crippen LogP contribution is -2.40. The predicted molar refractivity (Wildman–Crippen MR) is 75.3 cm³/mol. The lowest BCUT2D eigenvalue weighted by Gasteiger charge is -2.36. The van der Waals surface area contributed by atoms with Gasteiger partial charge < -0.3 is 14.5 Å². The molecule has 0 aromatic heterocycles. The molecule has 4 nitrogen and oxygen atoms in total. The fourth-order valence-corrected chi connectivity index (χ4v) is 2.70. The van der Waals surface area contributed by atoms with E-state index < -0.39 is 8.32 Å². The largest absolute Gasteiger partial charge is 0.444 e. The second-order valence-corrected chi connectivity index (χ2v) is 11.3. The number of cyclic esters (lactones) is 1. The lowest BCUT2D eigenvalue weighted by molar-refractivity contribution is 0.133. The summed E-state index contributed by atoms with van der Waals surface area (Å²) in [5.74, 6) is 0. The third-order valence-electron chi connectivity index (χ3n) is 3.94.